The third-order valence-corrected chi connectivity index (χ3v) is 1.29. The van der Waals surface area contributed by atoms with Gasteiger partial charge in [0.1, 0.15) is 0 Å². The van der Waals surface area contributed by atoms with E-state index in [1.54, 1.807) is 0 Å². The smallest absolute Gasteiger partial charge is 0.330 e. The third kappa shape index (κ3) is 2.41. The van der Waals surface area contributed by atoms with E-state index in [9.17, 15) is 9.26 Å². The fourth-order valence-electron chi connectivity index (χ4n) is 0.173. The topological polar surface area (TPSA) is 54.4 Å². The molecule has 0 aromatic carbocycles. The minimum absolute atomic E-state index is 0.148. The molecule has 0 aromatic rings. The summed E-state index contributed by atoms with van der Waals surface area (Å²) in [7, 11) is -1.07. The molecule has 0 spiro atoms. The van der Waals surface area contributed by atoms with Crippen LogP contribution in [0.2, 0.25) is 0 Å². The normalized spacial score (nSPS) is 10.9. The molecule has 0 aliphatic heterocycles. The molecule has 0 unspecified atom stereocenters. The van der Waals surface area contributed by atoms with E-state index in [2.05, 4.69) is 0 Å². The standard InChI is InChI=1S/C4H6O3Si/c1-3(2-8-7)4(5)6/h2,8H,1H3,(H,5,6). The third-order valence-electron chi connectivity index (χ3n) is 0.655. The molecule has 0 saturated carbocycles. The first-order valence-corrected chi connectivity index (χ1v) is 3.17. The number of rotatable bonds is 2. The van der Waals surface area contributed by atoms with E-state index in [1.165, 1.54) is 12.6 Å². The Labute approximate surface area is 48.9 Å². The summed E-state index contributed by atoms with van der Waals surface area (Å²) in [6.07, 6.45) is 0. The second-order valence-electron chi connectivity index (χ2n) is 1.29. The van der Waals surface area contributed by atoms with Crippen LogP contribution in [0.1, 0.15) is 6.92 Å². The Hall–Kier alpha value is -0.773. The van der Waals surface area contributed by atoms with Crippen LogP contribution in [0.25, 0.3) is 0 Å². The Balaban J connectivity index is 3.99. The van der Waals surface area contributed by atoms with Crippen molar-refractivity contribution in [2.45, 2.75) is 6.92 Å². The molecule has 0 aromatic heterocycles. The minimum atomic E-state index is -1.07. The lowest BCUT2D eigenvalue weighted by Gasteiger charge is -1.83. The number of hydrogen-bond acceptors (Lipinski definition) is 2. The first-order valence-electron chi connectivity index (χ1n) is 2.04. The molecule has 0 rings (SSSR count). The molecular weight excluding hydrogens is 124 g/mol. The molecule has 0 atom stereocenters. The summed E-state index contributed by atoms with van der Waals surface area (Å²) in [5, 5.41) is 8.12. The highest BCUT2D eigenvalue weighted by molar-refractivity contribution is 6.26. The van der Waals surface area contributed by atoms with Gasteiger partial charge >= 0.3 is 5.97 Å². The van der Waals surface area contributed by atoms with Crippen molar-refractivity contribution in [3.05, 3.63) is 11.3 Å². The summed E-state index contributed by atoms with van der Waals surface area (Å²) in [4.78, 5) is 9.90. The van der Waals surface area contributed by atoms with Crippen LogP contribution in [-0.4, -0.2) is 20.5 Å². The van der Waals surface area contributed by atoms with Gasteiger partial charge in [0.05, 0.1) is 0 Å². The lowest BCUT2D eigenvalue weighted by atomic mass is 10.4. The second kappa shape index (κ2) is 3.26. The lowest BCUT2D eigenvalue weighted by Crippen LogP contribution is -1.95. The van der Waals surface area contributed by atoms with Gasteiger partial charge in [0.25, 0.3) is 9.41 Å². The van der Waals surface area contributed by atoms with Gasteiger partial charge in [0.15, 0.2) is 0 Å². The highest BCUT2D eigenvalue weighted by Gasteiger charge is 1.95. The molecule has 8 heavy (non-hydrogen) atoms. The predicted octanol–water partition coefficient (Wildman–Crippen LogP) is -0.243. The summed E-state index contributed by atoms with van der Waals surface area (Å²) >= 11 is 0. The molecule has 0 radical (unpaired) electrons. The van der Waals surface area contributed by atoms with Crippen LogP contribution in [-0.2, 0) is 9.26 Å². The molecule has 44 valence electrons. The Morgan fingerprint density at radius 1 is 1.75 bits per heavy atom. The van der Waals surface area contributed by atoms with E-state index in [0.717, 1.165) is 0 Å². The van der Waals surface area contributed by atoms with Crippen molar-refractivity contribution in [2.24, 2.45) is 0 Å². The second-order valence-corrected chi connectivity index (χ2v) is 1.90. The molecule has 0 amide bonds. The van der Waals surface area contributed by atoms with Gasteiger partial charge in [-0.1, -0.05) is 0 Å². The molecule has 0 aliphatic carbocycles. The van der Waals surface area contributed by atoms with Crippen molar-refractivity contribution >= 4 is 15.4 Å². The van der Waals surface area contributed by atoms with Crippen LogP contribution < -0.4 is 0 Å². The maximum Gasteiger partial charge on any atom is 0.330 e. The molecule has 0 aliphatic rings. The van der Waals surface area contributed by atoms with Crippen LogP contribution in [0.4, 0.5) is 0 Å². The molecule has 0 saturated heterocycles. The number of carboxylic acids is 1. The van der Waals surface area contributed by atoms with Crippen molar-refractivity contribution in [3.63, 3.8) is 0 Å². The first-order chi connectivity index (χ1) is 3.68. The van der Waals surface area contributed by atoms with Crippen LogP contribution in [0.15, 0.2) is 11.3 Å². The predicted molar refractivity (Wildman–Crippen MR) is 29.2 cm³/mol. The zero-order valence-corrected chi connectivity index (χ0v) is 5.57. The Morgan fingerprint density at radius 2 is 2.25 bits per heavy atom. The molecule has 0 heterocycles. The maximum atomic E-state index is 9.90. The summed E-state index contributed by atoms with van der Waals surface area (Å²) in [6, 6.07) is 0. The van der Waals surface area contributed by atoms with Crippen LogP contribution in [0.3, 0.4) is 0 Å². The van der Waals surface area contributed by atoms with Crippen LogP contribution in [0, 0.1) is 0 Å². The molecule has 4 heteroatoms. The van der Waals surface area contributed by atoms with E-state index in [4.69, 9.17) is 5.11 Å². The van der Waals surface area contributed by atoms with Gasteiger partial charge < -0.3 is 9.57 Å². The summed E-state index contributed by atoms with van der Waals surface area (Å²) in [6.45, 7) is 1.41. The Kier molecular flexibility index (Phi) is 2.94. The van der Waals surface area contributed by atoms with Gasteiger partial charge in [0.2, 0.25) is 0 Å². The summed E-state index contributed by atoms with van der Waals surface area (Å²) in [5.74, 6) is -1.01. The first kappa shape index (κ1) is 7.23. The van der Waals surface area contributed by atoms with Gasteiger partial charge in [-0.15, -0.1) is 0 Å². The van der Waals surface area contributed by atoms with Crippen molar-refractivity contribution in [2.75, 3.05) is 0 Å². The van der Waals surface area contributed by atoms with Crippen molar-refractivity contribution < 1.29 is 14.4 Å². The zero-order chi connectivity index (χ0) is 6.57. The van der Waals surface area contributed by atoms with E-state index in [0.29, 0.717) is 0 Å². The molecule has 0 bridgehead atoms. The monoisotopic (exact) mass is 130 g/mol. The Morgan fingerprint density at radius 3 is 2.38 bits per heavy atom. The minimum Gasteiger partial charge on any atom is -0.478 e. The molecule has 0 fully saturated rings. The maximum absolute atomic E-state index is 9.90. The van der Waals surface area contributed by atoms with Crippen molar-refractivity contribution in [3.8, 4) is 0 Å². The van der Waals surface area contributed by atoms with Crippen LogP contribution >= 0.6 is 0 Å². The number of carboxylic acid groups (broad SMARTS) is 1. The SMILES string of the molecule is CC(=C[SiH]=O)C(=O)O. The average molecular weight is 130 g/mol. The van der Waals surface area contributed by atoms with Crippen LogP contribution in [0.5, 0.6) is 0 Å². The van der Waals surface area contributed by atoms with E-state index >= 15 is 0 Å². The lowest BCUT2D eigenvalue weighted by molar-refractivity contribution is -0.132. The van der Waals surface area contributed by atoms with Crippen molar-refractivity contribution in [1.29, 1.82) is 0 Å². The zero-order valence-electron chi connectivity index (χ0n) is 4.42. The molecule has 1 N–H and O–H groups in total. The summed E-state index contributed by atoms with van der Waals surface area (Å²) in [5.41, 5.74) is 1.36. The van der Waals surface area contributed by atoms with Gasteiger partial charge in [-0.3, -0.25) is 0 Å². The highest BCUT2D eigenvalue weighted by atomic mass is 28.2. The average Bonchev–Trinajstić information content (AvgIpc) is 1.67. The van der Waals surface area contributed by atoms with Gasteiger partial charge in [-0.05, 0) is 12.6 Å². The largest absolute Gasteiger partial charge is 0.478 e. The fourth-order valence-corrected chi connectivity index (χ4v) is 0.520. The van der Waals surface area contributed by atoms with Crippen molar-refractivity contribution in [1.82, 2.24) is 0 Å². The fraction of sp³-hybridized carbons (Fsp3) is 0.250. The highest BCUT2D eigenvalue weighted by Crippen LogP contribution is 1.86. The number of carbonyl (C=O) groups is 1. The number of aliphatic carboxylic acids is 1. The number of hydrogen-bond donors (Lipinski definition) is 1. The molecular formula is C4H6O3Si. The Bertz CT molecular complexity index is 138. The van der Waals surface area contributed by atoms with Gasteiger partial charge in [-0.2, -0.15) is 0 Å². The molecule has 3 nitrogen and oxygen atoms in total. The van der Waals surface area contributed by atoms with Gasteiger partial charge in [-0.25, -0.2) is 4.79 Å². The summed E-state index contributed by atoms with van der Waals surface area (Å²) < 4.78 is 9.79. The quantitative estimate of drug-likeness (QED) is 0.414. The van der Waals surface area contributed by atoms with Gasteiger partial charge in [0, 0.05) is 5.57 Å². The van der Waals surface area contributed by atoms with E-state index in [1.807, 2.05) is 0 Å². The van der Waals surface area contributed by atoms with E-state index in [-0.39, 0.29) is 5.57 Å². The van der Waals surface area contributed by atoms with E-state index < -0.39 is 15.4 Å².